The minimum atomic E-state index is 0.272. The standard InChI is InChI=1S/C29H29NO/c1-19(2)24-13-9-14-25(20(3)4)28(24)30-18-23-17-16-22-12-8-15-26(27(22)29(23)31)21-10-6-5-7-11-21/h5-20,31H,1-4H3. The maximum atomic E-state index is 11.2. The van der Waals surface area contributed by atoms with Crippen LogP contribution in [0.1, 0.15) is 56.2 Å². The van der Waals surface area contributed by atoms with Gasteiger partial charge < -0.3 is 5.11 Å². The zero-order chi connectivity index (χ0) is 22.0. The Hall–Kier alpha value is -3.39. The smallest absolute Gasteiger partial charge is 0.132 e. The molecule has 1 N–H and O–H groups in total. The van der Waals surface area contributed by atoms with Crippen LogP contribution in [-0.4, -0.2) is 11.3 Å². The Morgan fingerprint density at radius 1 is 0.710 bits per heavy atom. The molecule has 0 aromatic heterocycles. The molecule has 0 aliphatic carbocycles. The first-order valence-corrected chi connectivity index (χ1v) is 10.9. The Kier molecular flexibility index (Phi) is 5.90. The van der Waals surface area contributed by atoms with Gasteiger partial charge in [0.1, 0.15) is 5.75 Å². The lowest BCUT2D eigenvalue weighted by Gasteiger charge is -2.16. The van der Waals surface area contributed by atoms with E-state index in [1.807, 2.05) is 42.6 Å². The van der Waals surface area contributed by atoms with E-state index in [0.717, 1.165) is 33.2 Å². The van der Waals surface area contributed by atoms with Gasteiger partial charge in [-0.25, -0.2) is 0 Å². The molecule has 0 bridgehead atoms. The van der Waals surface area contributed by atoms with E-state index in [9.17, 15) is 5.11 Å². The van der Waals surface area contributed by atoms with Crippen LogP contribution in [0, 0.1) is 0 Å². The number of para-hydroxylation sites is 1. The number of aromatic hydroxyl groups is 1. The fourth-order valence-electron chi connectivity index (χ4n) is 4.13. The molecule has 156 valence electrons. The number of hydrogen-bond donors (Lipinski definition) is 1. The molecule has 0 atom stereocenters. The summed E-state index contributed by atoms with van der Waals surface area (Å²) in [5, 5.41) is 13.1. The number of fused-ring (bicyclic) bond motifs is 1. The van der Waals surface area contributed by atoms with E-state index in [0.29, 0.717) is 11.8 Å². The quantitative estimate of drug-likeness (QED) is 0.332. The summed E-state index contributed by atoms with van der Waals surface area (Å²) in [6.45, 7) is 8.77. The molecule has 4 rings (SSSR count). The summed E-state index contributed by atoms with van der Waals surface area (Å²) in [5.41, 5.74) is 6.31. The second-order valence-corrected chi connectivity index (χ2v) is 8.63. The molecular formula is C29H29NO. The molecular weight excluding hydrogens is 378 g/mol. The molecule has 0 radical (unpaired) electrons. The van der Waals surface area contributed by atoms with E-state index >= 15 is 0 Å². The second-order valence-electron chi connectivity index (χ2n) is 8.63. The molecule has 0 saturated heterocycles. The summed E-state index contributed by atoms with van der Waals surface area (Å²) in [6.07, 6.45) is 1.81. The number of benzene rings is 4. The highest BCUT2D eigenvalue weighted by molar-refractivity contribution is 6.05. The molecule has 0 aliphatic rings. The van der Waals surface area contributed by atoms with Crippen molar-refractivity contribution >= 4 is 22.7 Å². The van der Waals surface area contributed by atoms with Crippen molar-refractivity contribution < 1.29 is 5.11 Å². The van der Waals surface area contributed by atoms with Gasteiger partial charge in [-0.1, -0.05) is 100 Å². The van der Waals surface area contributed by atoms with Crippen LogP contribution in [0.2, 0.25) is 0 Å². The van der Waals surface area contributed by atoms with E-state index in [4.69, 9.17) is 4.99 Å². The molecule has 4 aromatic rings. The number of phenolic OH excluding ortho intramolecular Hbond substituents is 1. The van der Waals surface area contributed by atoms with Crippen molar-refractivity contribution in [2.45, 2.75) is 39.5 Å². The molecule has 0 unspecified atom stereocenters. The summed E-state index contributed by atoms with van der Waals surface area (Å²) in [5.74, 6) is 1.02. The van der Waals surface area contributed by atoms with Gasteiger partial charge in [0.25, 0.3) is 0 Å². The normalized spacial score (nSPS) is 11.8. The Morgan fingerprint density at radius 2 is 1.35 bits per heavy atom. The van der Waals surface area contributed by atoms with Crippen molar-refractivity contribution in [1.82, 2.24) is 0 Å². The third-order valence-electron chi connectivity index (χ3n) is 5.81. The Labute approximate surface area is 184 Å². The summed E-state index contributed by atoms with van der Waals surface area (Å²) < 4.78 is 0. The highest BCUT2D eigenvalue weighted by atomic mass is 16.3. The van der Waals surface area contributed by atoms with Crippen LogP contribution in [0.15, 0.2) is 83.9 Å². The first-order valence-electron chi connectivity index (χ1n) is 10.9. The summed E-state index contributed by atoms with van der Waals surface area (Å²) in [7, 11) is 0. The van der Waals surface area contributed by atoms with Crippen LogP contribution in [0.4, 0.5) is 5.69 Å². The second kappa shape index (κ2) is 8.77. The summed E-state index contributed by atoms with van der Waals surface area (Å²) in [6, 6.07) is 26.7. The van der Waals surface area contributed by atoms with E-state index in [1.165, 1.54) is 11.1 Å². The molecule has 0 aliphatic heterocycles. The van der Waals surface area contributed by atoms with E-state index in [-0.39, 0.29) is 5.75 Å². The first-order chi connectivity index (χ1) is 15.0. The average Bonchev–Trinajstić information content (AvgIpc) is 2.78. The topological polar surface area (TPSA) is 32.6 Å². The van der Waals surface area contributed by atoms with Gasteiger partial charge in [0.2, 0.25) is 0 Å². The van der Waals surface area contributed by atoms with E-state index in [2.05, 4.69) is 70.2 Å². The van der Waals surface area contributed by atoms with Gasteiger partial charge in [-0.3, -0.25) is 4.99 Å². The van der Waals surface area contributed by atoms with Gasteiger partial charge in [0.05, 0.1) is 5.69 Å². The Balaban J connectivity index is 1.86. The fraction of sp³-hybridized carbons (Fsp3) is 0.207. The van der Waals surface area contributed by atoms with Crippen molar-refractivity contribution in [3.05, 3.63) is 95.6 Å². The van der Waals surface area contributed by atoms with Crippen molar-refractivity contribution in [1.29, 1.82) is 0 Å². The van der Waals surface area contributed by atoms with Crippen LogP contribution in [-0.2, 0) is 0 Å². The maximum Gasteiger partial charge on any atom is 0.132 e. The lowest BCUT2D eigenvalue weighted by Crippen LogP contribution is -1.96. The summed E-state index contributed by atoms with van der Waals surface area (Å²) >= 11 is 0. The van der Waals surface area contributed by atoms with Crippen LogP contribution in [0.5, 0.6) is 5.75 Å². The van der Waals surface area contributed by atoms with Crippen LogP contribution in [0.3, 0.4) is 0 Å². The van der Waals surface area contributed by atoms with E-state index < -0.39 is 0 Å². The van der Waals surface area contributed by atoms with E-state index in [1.54, 1.807) is 0 Å². The highest BCUT2D eigenvalue weighted by Crippen LogP contribution is 2.38. The zero-order valence-electron chi connectivity index (χ0n) is 18.6. The molecule has 2 heteroatoms. The highest BCUT2D eigenvalue weighted by Gasteiger charge is 2.14. The SMILES string of the molecule is CC(C)c1cccc(C(C)C)c1N=Cc1ccc2cccc(-c3ccccc3)c2c1O. The third kappa shape index (κ3) is 4.11. The van der Waals surface area contributed by atoms with Gasteiger partial charge in [-0.15, -0.1) is 0 Å². The molecule has 0 saturated carbocycles. The molecule has 0 spiro atoms. The average molecular weight is 408 g/mol. The largest absolute Gasteiger partial charge is 0.507 e. The lowest BCUT2D eigenvalue weighted by atomic mass is 9.93. The van der Waals surface area contributed by atoms with Crippen molar-refractivity contribution in [3.8, 4) is 16.9 Å². The predicted molar refractivity (Wildman–Crippen MR) is 133 cm³/mol. The number of rotatable bonds is 5. The zero-order valence-corrected chi connectivity index (χ0v) is 18.6. The minimum absolute atomic E-state index is 0.272. The number of nitrogens with zero attached hydrogens (tertiary/aromatic N) is 1. The maximum absolute atomic E-state index is 11.2. The number of phenols is 1. The summed E-state index contributed by atoms with van der Waals surface area (Å²) in [4.78, 5) is 4.90. The number of hydrogen-bond acceptors (Lipinski definition) is 2. The van der Waals surface area contributed by atoms with Crippen LogP contribution < -0.4 is 0 Å². The molecule has 4 aromatic carbocycles. The minimum Gasteiger partial charge on any atom is -0.507 e. The van der Waals surface area contributed by atoms with Crippen LogP contribution >= 0.6 is 0 Å². The molecule has 0 amide bonds. The Morgan fingerprint density at radius 3 is 2.00 bits per heavy atom. The van der Waals surface area contributed by atoms with Crippen molar-refractivity contribution in [2.75, 3.05) is 0 Å². The Bertz CT molecular complexity index is 1210. The third-order valence-corrected chi connectivity index (χ3v) is 5.81. The molecule has 0 fully saturated rings. The van der Waals surface area contributed by atoms with Gasteiger partial charge in [0.15, 0.2) is 0 Å². The molecule has 0 heterocycles. The fourth-order valence-corrected chi connectivity index (χ4v) is 4.13. The van der Waals surface area contributed by atoms with Gasteiger partial charge >= 0.3 is 0 Å². The first kappa shape index (κ1) is 20.9. The van der Waals surface area contributed by atoms with Gasteiger partial charge in [-0.05, 0) is 45.5 Å². The van der Waals surface area contributed by atoms with Crippen LogP contribution in [0.25, 0.3) is 21.9 Å². The lowest BCUT2D eigenvalue weighted by molar-refractivity contribution is 0.481. The van der Waals surface area contributed by atoms with Crippen molar-refractivity contribution in [2.24, 2.45) is 4.99 Å². The van der Waals surface area contributed by atoms with Gasteiger partial charge in [-0.2, -0.15) is 0 Å². The van der Waals surface area contributed by atoms with Gasteiger partial charge in [0, 0.05) is 17.2 Å². The monoisotopic (exact) mass is 407 g/mol. The predicted octanol–water partition coefficient (Wildman–Crippen LogP) is 8.21. The number of aliphatic imine (C=N–C) groups is 1. The molecule has 31 heavy (non-hydrogen) atoms. The molecule has 2 nitrogen and oxygen atoms in total. The van der Waals surface area contributed by atoms with Crippen molar-refractivity contribution in [3.63, 3.8) is 0 Å².